The van der Waals surface area contributed by atoms with Gasteiger partial charge in [0, 0.05) is 33.5 Å². The molecule has 7 nitrogen and oxygen atoms in total. The van der Waals surface area contributed by atoms with Gasteiger partial charge in [-0.3, -0.25) is 14.4 Å². The Kier molecular flexibility index (Phi) is 6.28. The van der Waals surface area contributed by atoms with E-state index in [0.717, 1.165) is 16.7 Å². The molecular weight excluding hydrogens is 406 g/mol. The Labute approximate surface area is 188 Å². The number of hydrogen-bond acceptors (Lipinski definition) is 4. The fourth-order valence-corrected chi connectivity index (χ4v) is 4.53. The molecule has 168 valence electrons. The third kappa shape index (κ3) is 4.53. The lowest BCUT2D eigenvalue weighted by Gasteiger charge is -2.43. The highest BCUT2D eigenvalue weighted by Gasteiger charge is 2.47. The summed E-state index contributed by atoms with van der Waals surface area (Å²) in [5, 5.41) is 2.74. The van der Waals surface area contributed by atoms with Gasteiger partial charge in [-0.25, -0.2) is 0 Å². The van der Waals surface area contributed by atoms with Gasteiger partial charge in [0.1, 0.15) is 6.04 Å². The molecule has 0 aromatic heterocycles. The highest BCUT2D eigenvalue weighted by Crippen LogP contribution is 2.29. The summed E-state index contributed by atoms with van der Waals surface area (Å²) in [6.07, 6.45) is 1.20. The Morgan fingerprint density at radius 1 is 1.12 bits per heavy atom. The molecule has 0 aliphatic carbocycles. The molecule has 0 radical (unpaired) electrons. The van der Waals surface area contributed by atoms with Crippen molar-refractivity contribution >= 4 is 17.7 Å². The monoisotopic (exact) mass is 435 g/mol. The van der Waals surface area contributed by atoms with Gasteiger partial charge in [0.2, 0.25) is 11.8 Å². The van der Waals surface area contributed by atoms with Gasteiger partial charge in [0.25, 0.3) is 5.91 Å². The summed E-state index contributed by atoms with van der Waals surface area (Å²) in [6.45, 7) is 0.826. The van der Waals surface area contributed by atoms with Crippen molar-refractivity contribution in [3.8, 4) is 11.1 Å². The van der Waals surface area contributed by atoms with Gasteiger partial charge in [-0.15, -0.1) is 0 Å². The SMILES string of the molecule is CN(C)C(=O)[C@]1(Cc2cccc(-c3ccccc3)c2)CN(C(=O)[C@H]2CCC(=O)N2)CCO1. The summed E-state index contributed by atoms with van der Waals surface area (Å²) in [4.78, 5) is 41.1. The Hall–Kier alpha value is -3.19. The summed E-state index contributed by atoms with van der Waals surface area (Å²) < 4.78 is 6.13. The highest BCUT2D eigenvalue weighted by molar-refractivity contribution is 5.92. The van der Waals surface area contributed by atoms with Gasteiger partial charge in [0.05, 0.1) is 13.2 Å². The van der Waals surface area contributed by atoms with Gasteiger partial charge in [-0.05, 0) is 23.1 Å². The third-order valence-corrected chi connectivity index (χ3v) is 6.11. The van der Waals surface area contributed by atoms with E-state index in [1.807, 2.05) is 48.5 Å². The molecule has 2 aromatic carbocycles. The molecule has 2 heterocycles. The average molecular weight is 436 g/mol. The van der Waals surface area contributed by atoms with Crippen molar-refractivity contribution in [2.45, 2.75) is 30.9 Å². The number of hydrogen-bond donors (Lipinski definition) is 1. The van der Waals surface area contributed by atoms with E-state index >= 15 is 0 Å². The first kappa shape index (κ1) is 22.0. The zero-order valence-corrected chi connectivity index (χ0v) is 18.5. The van der Waals surface area contributed by atoms with E-state index in [1.165, 1.54) is 4.90 Å². The fourth-order valence-electron chi connectivity index (χ4n) is 4.53. The molecule has 0 unspecified atom stereocenters. The van der Waals surface area contributed by atoms with E-state index in [0.29, 0.717) is 25.8 Å². The zero-order chi connectivity index (χ0) is 22.7. The van der Waals surface area contributed by atoms with E-state index in [2.05, 4.69) is 11.4 Å². The van der Waals surface area contributed by atoms with Crippen LogP contribution in [0.3, 0.4) is 0 Å². The molecular formula is C25H29N3O4. The van der Waals surface area contributed by atoms with Crippen molar-refractivity contribution in [2.24, 2.45) is 0 Å². The predicted octanol–water partition coefficient (Wildman–Crippen LogP) is 1.86. The number of morpholine rings is 1. The number of nitrogens with zero attached hydrogens (tertiary/aromatic N) is 2. The maximum Gasteiger partial charge on any atom is 0.256 e. The maximum atomic E-state index is 13.3. The van der Waals surface area contributed by atoms with Gasteiger partial charge >= 0.3 is 0 Å². The molecule has 1 N–H and O–H groups in total. The molecule has 0 spiro atoms. The number of rotatable bonds is 5. The van der Waals surface area contributed by atoms with Gasteiger partial charge in [-0.2, -0.15) is 0 Å². The lowest BCUT2D eigenvalue weighted by molar-refractivity contribution is -0.173. The molecule has 32 heavy (non-hydrogen) atoms. The summed E-state index contributed by atoms with van der Waals surface area (Å²) in [5.74, 6) is -0.423. The van der Waals surface area contributed by atoms with E-state index in [1.54, 1.807) is 19.0 Å². The van der Waals surface area contributed by atoms with Crippen molar-refractivity contribution < 1.29 is 19.1 Å². The molecule has 7 heteroatoms. The minimum absolute atomic E-state index is 0.107. The number of carbonyl (C=O) groups excluding carboxylic acids is 3. The molecule has 2 aliphatic rings. The van der Waals surface area contributed by atoms with Crippen LogP contribution in [-0.2, 0) is 25.5 Å². The van der Waals surface area contributed by atoms with Gasteiger partial charge in [0.15, 0.2) is 5.60 Å². The maximum absolute atomic E-state index is 13.3. The Morgan fingerprint density at radius 2 is 1.88 bits per heavy atom. The van der Waals surface area contributed by atoms with Gasteiger partial charge < -0.3 is 19.9 Å². The van der Waals surface area contributed by atoms with E-state index in [9.17, 15) is 14.4 Å². The molecule has 3 amide bonds. The number of likely N-dealkylation sites (N-methyl/N-ethyl adjacent to an activating group) is 1. The first-order chi connectivity index (χ1) is 15.4. The molecule has 4 rings (SSSR count). The van der Waals surface area contributed by atoms with Crippen molar-refractivity contribution in [3.63, 3.8) is 0 Å². The quantitative estimate of drug-likeness (QED) is 0.778. The van der Waals surface area contributed by atoms with Crippen LogP contribution < -0.4 is 5.32 Å². The van der Waals surface area contributed by atoms with E-state index < -0.39 is 11.6 Å². The molecule has 2 fully saturated rings. The van der Waals surface area contributed by atoms with Crippen molar-refractivity contribution in [2.75, 3.05) is 33.8 Å². The minimum atomic E-state index is -1.17. The van der Waals surface area contributed by atoms with Crippen LogP contribution >= 0.6 is 0 Å². The zero-order valence-electron chi connectivity index (χ0n) is 18.5. The van der Waals surface area contributed by atoms with Crippen LogP contribution in [0.25, 0.3) is 11.1 Å². The molecule has 0 saturated carbocycles. The lowest BCUT2D eigenvalue weighted by Crippen LogP contribution is -2.63. The van der Waals surface area contributed by atoms with Gasteiger partial charge in [-0.1, -0.05) is 54.6 Å². The second-order valence-electron chi connectivity index (χ2n) is 8.70. The summed E-state index contributed by atoms with van der Waals surface area (Å²) in [7, 11) is 3.40. The van der Waals surface area contributed by atoms with Crippen molar-refractivity contribution in [1.29, 1.82) is 0 Å². The smallest absolute Gasteiger partial charge is 0.256 e. The number of carbonyl (C=O) groups is 3. The van der Waals surface area contributed by atoms with E-state index in [4.69, 9.17) is 4.74 Å². The standard InChI is InChI=1S/C25H29N3O4/c1-27(2)24(31)25(16-18-7-6-10-20(15-18)19-8-4-3-5-9-19)17-28(13-14-32-25)23(30)21-11-12-22(29)26-21/h3-10,15,21H,11-14,16-17H2,1-2H3,(H,26,29)/t21-,25+/m1/s1. The predicted molar refractivity (Wildman–Crippen MR) is 121 cm³/mol. The number of benzene rings is 2. The van der Waals surface area contributed by atoms with Crippen molar-refractivity contribution in [3.05, 3.63) is 60.2 Å². The Bertz CT molecular complexity index is 1010. The molecule has 0 bridgehead atoms. The molecule has 2 aliphatic heterocycles. The highest BCUT2D eigenvalue weighted by atomic mass is 16.5. The summed E-state index contributed by atoms with van der Waals surface area (Å²) >= 11 is 0. The second-order valence-corrected chi connectivity index (χ2v) is 8.70. The normalized spacial score (nSPS) is 23.0. The number of nitrogens with one attached hydrogen (secondary N) is 1. The van der Waals surface area contributed by atoms with Crippen molar-refractivity contribution in [1.82, 2.24) is 15.1 Å². The van der Waals surface area contributed by atoms with Crippen LogP contribution in [0.2, 0.25) is 0 Å². The van der Waals surface area contributed by atoms with Crippen LogP contribution in [0.5, 0.6) is 0 Å². The first-order valence-electron chi connectivity index (χ1n) is 11.0. The lowest BCUT2D eigenvalue weighted by atomic mass is 9.89. The molecule has 2 aromatic rings. The van der Waals surface area contributed by atoms with E-state index in [-0.39, 0.29) is 30.9 Å². The topological polar surface area (TPSA) is 79.0 Å². The minimum Gasteiger partial charge on any atom is -0.361 e. The van der Waals surface area contributed by atoms with Crippen LogP contribution in [-0.4, -0.2) is 73.0 Å². The number of ether oxygens (including phenoxy) is 1. The fraction of sp³-hybridized carbons (Fsp3) is 0.400. The summed E-state index contributed by atoms with van der Waals surface area (Å²) in [6, 6.07) is 17.6. The molecule has 2 atom stereocenters. The summed E-state index contributed by atoms with van der Waals surface area (Å²) in [5.41, 5.74) is 1.95. The Balaban J connectivity index is 1.60. The second kappa shape index (κ2) is 9.12. The molecule has 2 saturated heterocycles. The van der Waals surface area contributed by atoms with Crippen LogP contribution in [0.15, 0.2) is 54.6 Å². The Morgan fingerprint density at radius 3 is 2.56 bits per heavy atom. The average Bonchev–Trinajstić information content (AvgIpc) is 3.25. The van der Waals surface area contributed by atoms with Crippen LogP contribution in [0.1, 0.15) is 18.4 Å². The third-order valence-electron chi connectivity index (χ3n) is 6.11. The van der Waals surface area contributed by atoms with Crippen LogP contribution in [0, 0.1) is 0 Å². The largest absolute Gasteiger partial charge is 0.361 e. The number of amides is 3. The first-order valence-corrected chi connectivity index (χ1v) is 11.0. The van der Waals surface area contributed by atoms with Crippen LogP contribution in [0.4, 0.5) is 0 Å².